The summed E-state index contributed by atoms with van der Waals surface area (Å²) in [5, 5.41) is 10.5. The number of nitrogens with one attached hydrogen (secondary N) is 1. The number of nitrogens with zero attached hydrogens (tertiary/aromatic N) is 1. The van der Waals surface area contributed by atoms with E-state index in [-0.39, 0.29) is 13.1 Å². The molecule has 0 aliphatic heterocycles. The summed E-state index contributed by atoms with van der Waals surface area (Å²) in [6, 6.07) is 3.20. The van der Waals surface area contributed by atoms with Gasteiger partial charge in [0, 0.05) is 0 Å². The van der Waals surface area contributed by atoms with E-state index in [1.807, 2.05) is 0 Å². The normalized spacial score (nSPS) is 10.4. The average Bonchev–Trinajstić information content (AvgIpc) is 2.22. The van der Waals surface area contributed by atoms with Crippen molar-refractivity contribution in [2.24, 2.45) is 0 Å². The topological polar surface area (TPSA) is 69.6 Å². The number of para-hydroxylation sites is 1. The van der Waals surface area contributed by atoms with Crippen LogP contribution in [0.1, 0.15) is 0 Å². The van der Waals surface area contributed by atoms with E-state index in [1.54, 1.807) is 0 Å². The van der Waals surface area contributed by atoms with Crippen LogP contribution in [0.2, 0.25) is 0 Å². The lowest BCUT2D eigenvalue weighted by molar-refractivity contribution is -0.138. The van der Waals surface area contributed by atoms with E-state index in [0.29, 0.717) is 0 Å². The first-order valence-electron chi connectivity index (χ1n) is 5.04. The summed E-state index contributed by atoms with van der Waals surface area (Å²) in [4.78, 5) is 23.0. The Morgan fingerprint density at radius 2 is 1.83 bits per heavy atom. The Hall–Kier alpha value is -2.02. The van der Waals surface area contributed by atoms with Crippen LogP contribution in [0, 0.1) is 11.6 Å². The van der Waals surface area contributed by atoms with Crippen LogP contribution in [0.15, 0.2) is 18.2 Å². The van der Waals surface area contributed by atoms with Crippen molar-refractivity contribution in [2.75, 3.05) is 25.5 Å². The van der Waals surface area contributed by atoms with Crippen molar-refractivity contribution in [3.63, 3.8) is 0 Å². The van der Waals surface area contributed by atoms with Crippen molar-refractivity contribution in [2.45, 2.75) is 0 Å². The van der Waals surface area contributed by atoms with Crippen molar-refractivity contribution < 1.29 is 23.5 Å². The Balaban J connectivity index is 2.62. The largest absolute Gasteiger partial charge is 0.480 e. The number of likely N-dealkylation sites (N-methyl/N-ethyl adjacent to an activating group) is 1. The molecule has 0 radical (unpaired) electrons. The van der Waals surface area contributed by atoms with E-state index in [4.69, 9.17) is 5.11 Å². The van der Waals surface area contributed by atoms with Gasteiger partial charge in [0.1, 0.15) is 17.3 Å². The molecular formula is C11H12F2N2O3. The first-order chi connectivity index (χ1) is 8.40. The number of aliphatic carboxylic acids is 1. The van der Waals surface area contributed by atoms with E-state index in [0.717, 1.165) is 12.1 Å². The van der Waals surface area contributed by atoms with E-state index in [2.05, 4.69) is 5.32 Å². The van der Waals surface area contributed by atoms with Crippen LogP contribution in [0.25, 0.3) is 0 Å². The van der Waals surface area contributed by atoms with E-state index in [1.165, 1.54) is 18.0 Å². The first kappa shape index (κ1) is 14.0. The Kier molecular flexibility index (Phi) is 4.73. The van der Waals surface area contributed by atoms with Crippen molar-refractivity contribution in [3.05, 3.63) is 29.8 Å². The molecule has 0 spiro atoms. The fourth-order valence-corrected chi connectivity index (χ4v) is 1.33. The van der Waals surface area contributed by atoms with Crippen LogP contribution in [-0.2, 0) is 9.59 Å². The SMILES string of the molecule is CN(CC(=O)O)CC(=O)Nc1c(F)cccc1F. The van der Waals surface area contributed by atoms with Crippen LogP contribution >= 0.6 is 0 Å². The zero-order valence-corrected chi connectivity index (χ0v) is 9.61. The molecule has 0 bridgehead atoms. The fourth-order valence-electron chi connectivity index (χ4n) is 1.33. The first-order valence-corrected chi connectivity index (χ1v) is 5.04. The summed E-state index contributed by atoms with van der Waals surface area (Å²) < 4.78 is 26.4. The lowest BCUT2D eigenvalue weighted by atomic mass is 10.3. The molecule has 1 rings (SSSR count). The second kappa shape index (κ2) is 6.06. The smallest absolute Gasteiger partial charge is 0.317 e. The van der Waals surface area contributed by atoms with E-state index < -0.39 is 29.2 Å². The maximum absolute atomic E-state index is 13.2. The predicted molar refractivity (Wildman–Crippen MR) is 60.1 cm³/mol. The highest BCUT2D eigenvalue weighted by molar-refractivity contribution is 5.92. The maximum atomic E-state index is 13.2. The number of halogens is 2. The second-order valence-electron chi connectivity index (χ2n) is 3.71. The van der Waals surface area contributed by atoms with Gasteiger partial charge in [0.05, 0.1) is 13.1 Å². The van der Waals surface area contributed by atoms with Crippen LogP contribution in [0.4, 0.5) is 14.5 Å². The van der Waals surface area contributed by atoms with Crippen LogP contribution in [0.5, 0.6) is 0 Å². The summed E-state index contributed by atoms with van der Waals surface area (Å²) >= 11 is 0. The number of anilines is 1. The molecule has 7 heteroatoms. The number of carbonyl (C=O) groups is 2. The number of benzene rings is 1. The maximum Gasteiger partial charge on any atom is 0.317 e. The molecule has 18 heavy (non-hydrogen) atoms. The third kappa shape index (κ3) is 4.10. The molecule has 5 nitrogen and oxygen atoms in total. The molecule has 0 aliphatic rings. The Labute approximate surface area is 102 Å². The molecule has 0 atom stereocenters. The molecule has 1 aromatic carbocycles. The van der Waals surface area contributed by atoms with Gasteiger partial charge in [0.15, 0.2) is 0 Å². The molecule has 1 aromatic rings. The standard InChI is InChI=1S/C11H12F2N2O3/c1-15(6-10(17)18)5-9(16)14-11-7(12)3-2-4-8(11)13/h2-4H,5-6H2,1H3,(H,14,16)(H,17,18). The average molecular weight is 258 g/mol. The number of amides is 1. The molecule has 0 saturated carbocycles. The molecule has 0 saturated heterocycles. The zero-order valence-electron chi connectivity index (χ0n) is 9.61. The van der Waals surface area contributed by atoms with Gasteiger partial charge in [-0.2, -0.15) is 0 Å². The van der Waals surface area contributed by atoms with Gasteiger partial charge in [-0.1, -0.05) is 6.07 Å². The lowest BCUT2D eigenvalue weighted by Crippen LogP contribution is -2.34. The highest BCUT2D eigenvalue weighted by atomic mass is 19.1. The monoisotopic (exact) mass is 258 g/mol. The van der Waals surface area contributed by atoms with Crippen molar-refractivity contribution in [1.29, 1.82) is 0 Å². The van der Waals surface area contributed by atoms with Crippen LogP contribution < -0.4 is 5.32 Å². The molecule has 0 fully saturated rings. The van der Waals surface area contributed by atoms with Gasteiger partial charge in [0.25, 0.3) is 0 Å². The highest BCUT2D eigenvalue weighted by Gasteiger charge is 2.14. The molecule has 0 aromatic heterocycles. The second-order valence-corrected chi connectivity index (χ2v) is 3.71. The quantitative estimate of drug-likeness (QED) is 0.824. The molecule has 2 N–H and O–H groups in total. The summed E-state index contributed by atoms with van der Waals surface area (Å²) in [5.41, 5.74) is -0.536. The zero-order chi connectivity index (χ0) is 13.7. The Bertz CT molecular complexity index is 445. The summed E-state index contributed by atoms with van der Waals surface area (Å²) in [6.45, 7) is -0.618. The number of hydrogen-bond donors (Lipinski definition) is 2. The number of carboxylic acids is 1. The number of rotatable bonds is 5. The number of hydrogen-bond acceptors (Lipinski definition) is 3. The van der Waals surface area contributed by atoms with Crippen molar-refractivity contribution >= 4 is 17.6 Å². The summed E-state index contributed by atoms with van der Waals surface area (Å²) in [7, 11) is 1.41. The van der Waals surface area contributed by atoms with Crippen molar-refractivity contribution in [3.8, 4) is 0 Å². The predicted octanol–water partition coefficient (Wildman–Crippen LogP) is 0.920. The Morgan fingerprint density at radius 3 is 2.33 bits per heavy atom. The lowest BCUT2D eigenvalue weighted by Gasteiger charge is -2.14. The van der Waals surface area contributed by atoms with Crippen molar-refractivity contribution in [1.82, 2.24) is 4.90 Å². The minimum absolute atomic E-state index is 0.278. The van der Waals surface area contributed by atoms with Gasteiger partial charge in [-0.15, -0.1) is 0 Å². The molecule has 0 aliphatic carbocycles. The fraction of sp³-hybridized carbons (Fsp3) is 0.273. The van der Waals surface area contributed by atoms with Gasteiger partial charge in [0.2, 0.25) is 5.91 Å². The third-order valence-electron chi connectivity index (χ3n) is 2.05. The minimum atomic E-state index is -1.10. The number of carbonyl (C=O) groups excluding carboxylic acids is 1. The molecule has 98 valence electrons. The van der Waals surface area contributed by atoms with Gasteiger partial charge in [-0.25, -0.2) is 8.78 Å². The van der Waals surface area contributed by atoms with Gasteiger partial charge >= 0.3 is 5.97 Å². The van der Waals surface area contributed by atoms with E-state index >= 15 is 0 Å². The highest BCUT2D eigenvalue weighted by Crippen LogP contribution is 2.17. The number of carboxylic acid groups (broad SMARTS) is 1. The molecular weight excluding hydrogens is 246 g/mol. The third-order valence-corrected chi connectivity index (χ3v) is 2.05. The molecule has 0 heterocycles. The molecule has 0 unspecified atom stereocenters. The summed E-state index contributed by atoms with van der Waals surface area (Å²) in [5.74, 6) is -3.56. The van der Waals surface area contributed by atoms with Gasteiger partial charge in [-0.05, 0) is 19.2 Å². The minimum Gasteiger partial charge on any atom is -0.480 e. The van der Waals surface area contributed by atoms with Crippen LogP contribution in [0.3, 0.4) is 0 Å². The Morgan fingerprint density at radius 1 is 1.28 bits per heavy atom. The molecule has 1 amide bonds. The van der Waals surface area contributed by atoms with Gasteiger partial charge < -0.3 is 10.4 Å². The summed E-state index contributed by atoms with van der Waals surface area (Å²) in [6.07, 6.45) is 0. The van der Waals surface area contributed by atoms with E-state index in [9.17, 15) is 18.4 Å². The van der Waals surface area contributed by atoms with Gasteiger partial charge in [-0.3, -0.25) is 14.5 Å². The van der Waals surface area contributed by atoms with Crippen LogP contribution in [-0.4, -0.2) is 42.0 Å².